The van der Waals surface area contributed by atoms with Gasteiger partial charge < -0.3 is 14.7 Å². The summed E-state index contributed by atoms with van der Waals surface area (Å²) in [5.41, 5.74) is 0. The second-order valence-electron chi connectivity index (χ2n) is 3.42. The summed E-state index contributed by atoms with van der Waals surface area (Å²) in [5, 5.41) is 8.63. The Morgan fingerprint density at radius 1 is 1.58 bits per heavy atom. The molecular formula is C8H15NO3. The summed E-state index contributed by atoms with van der Waals surface area (Å²) >= 11 is 0. The first-order valence-corrected chi connectivity index (χ1v) is 4.12. The molecule has 2 atom stereocenters. The van der Waals surface area contributed by atoms with Gasteiger partial charge in [0.1, 0.15) is 0 Å². The lowest BCUT2D eigenvalue weighted by molar-refractivity contribution is -0.149. The summed E-state index contributed by atoms with van der Waals surface area (Å²) in [4.78, 5) is 12.5. The topological polar surface area (TPSA) is 49.8 Å². The van der Waals surface area contributed by atoms with Gasteiger partial charge in [-0.3, -0.25) is 0 Å². The van der Waals surface area contributed by atoms with Crippen molar-refractivity contribution in [1.82, 2.24) is 4.90 Å². The average molecular weight is 173 g/mol. The largest absolute Gasteiger partial charge is 0.479 e. The monoisotopic (exact) mass is 173 g/mol. The van der Waals surface area contributed by atoms with Crippen molar-refractivity contribution in [2.75, 3.05) is 20.6 Å². The van der Waals surface area contributed by atoms with Crippen molar-refractivity contribution in [2.24, 2.45) is 0 Å². The molecule has 1 heterocycles. The average Bonchev–Trinajstić information content (AvgIpc) is 2.34. The molecule has 0 amide bonds. The third-order valence-corrected chi connectivity index (χ3v) is 1.95. The number of carbonyl (C=O) groups is 1. The van der Waals surface area contributed by atoms with E-state index in [1.54, 1.807) is 0 Å². The summed E-state index contributed by atoms with van der Waals surface area (Å²) in [5.74, 6) is -0.837. The normalized spacial score (nSPS) is 29.6. The molecule has 1 saturated heterocycles. The molecule has 0 saturated carbocycles. The fourth-order valence-electron chi connectivity index (χ4n) is 1.43. The molecule has 4 heteroatoms. The van der Waals surface area contributed by atoms with E-state index in [4.69, 9.17) is 9.84 Å². The molecule has 0 aromatic heterocycles. The van der Waals surface area contributed by atoms with Gasteiger partial charge in [-0.2, -0.15) is 0 Å². The van der Waals surface area contributed by atoms with E-state index in [0.29, 0.717) is 6.42 Å². The SMILES string of the molecule is CN(C)CC1CCC(C(=O)O)O1. The van der Waals surface area contributed by atoms with Gasteiger partial charge in [0.05, 0.1) is 6.10 Å². The van der Waals surface area contributed by atoms with Crippen LogP contribution < -0.4 is 0 Å². The Labute approximate surface area is 72.1 Å². The molecule has 1 aliphatic heterocycles. The summed E-state index contributed by atoms with van der Waals surface area (Å²) < 4.78 is 5.29. The van der Waals surface area contributed by atoms with E-state index in [1.807, 2.05) is 19.0 Å². The van der Waals surface area contributed by atoms with Gasteiger partial charge >= 0.3 is 5.97 Å². The molecule has 0 spiro atoms. The highest BCUT2D eigenvalue weighted by molar-refractivity contribution is 5.72. The first-order valence-electron chi connectivity index (χ1n) is 4.12. The molecule has 0 aromatic rings. The minimum absolute atomic E-state index is 0.0982. The number of rotatable bonds is 3. The van der Waals surface area contributed by atoms with Gasteiger partial charge in [0.15, 0.2) is 6.10 Å². The highest BCUT2D eigenvalue weighted by atomic mass is 16.5. The second kappa shape index (κ2) is 3.87. The highest BCUT2D eigenvalue weighted by Gasteiger charge is 2.30. The van der Waals surface area contributed by atoms with E-state index in [-0.39, 0.29) is 6.10 Å². The molecule has 0 aliphatic carbocycles. The van der Waals surface area contributed by atoms with Crippen molar-refractivity contribution in [3.63, 3.8) is 0 Å². The van der Waals surface area contributed by atoms with Gasteiger partial charge in [0, 0.05) is 6.54 Å². The number of nitrogens with zero attached hydrogens (tertiary/aromatic N) is 1. The molecule has 0 bridgehead atoms. The van der Waals surface area contributed by atoms with Crippen molar-refractivity contribution >= 4 is 5.97 Å². The molecule has 4 nitrogen and oxygen atoms in total. The molecule has 12 heavy (non-hydrogen) atoms. The molecule has 1 N–H and O–H groups in total. The predicted octanol–water partition coefficient (Wildman–Crippen LogP) is 0.180. The van der Waals surface area contributed by atoms with Crippen LogP contribution in [0.2, 0.25) is 0 Å². The lowest BCUT2D eigenvalue weighted by Crippen LogP contribution is -2.28. The zero-order valence-electron chi connectivity index (χ0n) is 7.49. The lowest BCUT2D eigenvalue weighted by atomic mass is 10.2. The minimum Gasteiger partial charge on any atom is -0.479 e. The zero-order valence-corrected chi connectivity index (χ0v) is 7.49. The van der Waals surface area contributed by atoms with E-state index in [1.165, 1.54) is 0 Å². The Kier molecular flexibility index (Phi) is 3.05. The quantitative estimate of drug-likeness (QED) is 0.661. The van der Waals surface area contributed by atoms with Gasteiger partial charge in [0.2, 0.25) is 0 Å². The second-order valence-corrected chi connectivity index (χ2v) is 3.42. The number of likely N-dealkylation sites (N-methyl/N-ethyl adjacent to an activating group) is 1. The zero-order chi connectivity index (χ0) is 9.14. The molecule has 2 unspecified atom stereocenters. The van der Waals surface area contributed by atoms with E-state index in [2.05, 4.69) is 0 Å². The van der Waals surface area contributed by atoms with Crippen LogP contribution >= 0.6 is 0 Å². The standard InChI is InChI=1S/C8H15NO3/c1-9(2)5-6-3-4-7(12-6)8(10)11/h6-7H,3-5H2,1-2H3,(H,10,11). The summed E-state index contributed by atoms with van der Waals surface area (Å²) in [6, 6.07) is 0. The number of aliphatic carboxylic acids is 1. The van der Waals surface area contributed by atoms with Crippen LogP contribution in [0.3, 0.4) is 0 Å². The molecule has 1 aliphatic rings. The van der Waals surface area contributed by atoms with Crippen LogP contribution in [0.25, 0.3) is 0 Å². The molecule has 0 aromatic carbocycles. The molecule has 1 rings (SSSR count). The Morgan fingerprint density at radius 3 is 2.67 bits per heavy atom. The third kappa shape index (κ3) is 2.46. The first-order chi connectivity index (χ1) is 5.59. The van der Waals surface area contributed by atoms with E-state index in [0.717, 1.165) is 13.0 Å². The molecular weight excluding hydrogens is 158 g/mol. The van der Waals surface area contributed by atoms with Gasteiger partial charge in [-0.25, -0.2) is 4.79 Å². The van der Waals surface area contributed by atoms with E-state index >= 15 is 0 Å². The maximum atomic E-state index is 10.5. The van der Waals surface area contributed by atoms with Crippen molar-refractivity contribution in [2.45, 2.75) is 25.0 Å². The van der Waals surface area contributed by atoms with E-state index in [9.17, 15) is 4.79 Å². The lowest BCUT2D eigenvalue weighted by Gasteiger charge is -2.15. The van der Waals surface area contributed by atoms with Crippen LogP contribution in [0.5, 0.6) is 0 Å². The Hall–Kier alpha value is -0.610. The minimum atomic E-state index is -0.837. The van der Waals surface area contributed by atoms with Crippen LogP contribution in [0.15, 0.2) is 0 Å². The predicted molar refractivity (Wildman–Crippen MR) is 44.1 cm³/mol. The Balaban J connectivity index is 2.30. The molecule has 0 radical (unpaired) electrons. The molecule has 1 fully saturated rings. The maximum absolute atomic E-state index is 10.5. The van der Waals surface area contributed by atoms with E-state index < -0.39 is 12.1 Å². The van der Waals surface area contributed by atoms with Gasteiger partial charge in [0.25, 0.3) is 0 Å². The van der Waals surface area contributed by atoms with Crippen LogP contribution in [0.1, 0.15) is 12.8 Å². The fraction of sp³-hybridized carbons (Fsp3) is 0.875. The highest BCUT2D eigenvalue weighted by Crippen LogP contribution is 2.19. The number of carboxylic acids is 1. The van der Waals surface area contributed by atoms with Gasteiger partial charge in [-0.1, -0.05) is 0 Å². The van der Waals surface area contributed by atoms with Crippen molar-refractivity contribution < 1.29 is 14.6 Å². The first kappa shape index (κ1) is 9.48. The van der Waals surface area contributed by atoms with Crippen molar-refractivity contribution in [3.05, 3.63) is 0 Å². The fourth-order valence-corrected chi connectivity index (χ4v) is 1.43. The summed E-state index contributed by atoms with van der Waals surface area (Å²) in [7, 11) is 3.91. The summed E-state index contributed by atoms with van der Waals surface area (Å²) in [6.07, 6.45) is 1.03. The number of ether oxygens (including phenoxy) is 1. The number of carboxylic acid groups (broad SMARTS) is 1. The number of hydrogen-bond acceptors (Lipinski definition) is 3. The molecule has 70 valence electrons. The van der Waals surface area contributed by atoms with Crippen LogP contribution in [-0.4, -0.2) is 48.8 Å². The maximum Gasteiger partial charge on any atom is 0.332 e. The van der Waals surface area contributed by atoms with Crippen molar-refractivity contribution in [1.29, 1.82) is 0 Å². The summed E-state index contributed by atoms with van der Waals surface area (Å²) in [6.45, 7) is 0.809. The third-order valence-electron chi connectivity index (χ3n) is 1.95. The van der Waals surface area contributed by atoms with Crippen molar-refractivity contribution in [3.8, 4) is 0 Å². The van der Waals surface area contributed by atoms with Crippen LogP contribution in [-0.2, 0) is 9.53 Å². The van der Waals surface area contributed by atoms with Gasteiger partial charge in [-0.05, 0) is 26.9 Å². The van der Waals surface area contributed by atoms with Crippen LogP contribution in [0, 0.1) is 0 Å². The van der Waals surface area contributed by atoms with Gasteiger partial charge in [-0.15, -0.1) is 0 Å². The van der Waals surface area contributed by atoms with Crippen LogP contribution in [0.4, 0.5) is 0 Å². The Bertz CT molecular complexity index is 170. The number of hydrogen-bond donors (Lipinski definition) is 1. The smallest absolute Gasteiger partial charge is 0.332 e. The Morgan fingerprint density at radius 2 is 2.25 bits per heavy atom.